The van der Waals surface area contributed by atoms with Crippen molar-refractivity contribution in [3.8, 4) is 34.2 Å². The van der Waals surface area contributed by atoms with Crippen LogP contribution in [0.5, 0.6) is 0 Å². The summed E-state index contributed by atoms with van der Waals surface area (Å²) in [6.07, 6.45) is 11.3. The van der Waals surface area contributed by atoms with Gasteiger partial charge in [0.05, 0.1) is 88.4 Å². The molecule has 13 rings (SSSR count). The highest BCUT2D eigenvalue weighted by molar-refractivity contribution is 6.05. The van der Waals surface area contributed by atoms with E-state index < -0.39 is 0 Å². The van der Waals surface area contributed by atoms with E-state index in [0.717, 1.165) is 116 Å². The number of hydrogen-bond acceptors (Lipinski definition) is 12. The van der Waals surface area contributed by atoms with Crippen molar-refractivity contribution < 1.29 is 0 Å². The smallest absolute Gasteiger partial charge is 0.131 e. The van der Waals surface area contributed by atoms with Gasteiger partial charge in [0.1, 0.15) is 17.1 Å². The molecular formula is C54H39N15. The van der Waals surface area contributed by atoms with Crippen LogP contribution >= 0.6 is 0 Å². The second-order valence-electron chi connectivity index (χ2n) is 17.4. The molecule has 330 valence electrons. The summed E-state index contributed by atoms with van der Waals surface area (Å²) in [5.74, 6) is 0. The molecule has 0 unspecified atom stereocenters. The number of aromatic nitrogens is 15. The van der Waals surface area contributed by atoms with Gasteiger partial charge in [-0.15, -0.1) is 15.3 Å². The summed E-state index contributed by atoms with van der Waals surface area (Å²) < 4.78 is 5.65. The molecule has 0 atom stereocenters. The van der Waals surface area contributed by atoms with Gasteiger partial charge in [0.25, 0.3) is 0 Å². The standard InChI is InChI=1S/C54H39N15/c1-31-40(25-67-28-46(61-64-67)43-19-16-37-13-10-34-7-4-22-55-49(34)52(37)58-43)32(2)42(27-69-30-48(63-66-69)45-21-18-39-15-12-36-9-6-24-57-51(36)54(39)60-45)33(3)41(31)26-68-29-47(62-65-68)44-20-17-38-14-11-35-8-5-23-56-50(35)53(38)59-44/h4-24,28-30H,25-27H2,1-3H3. The summed E-state index contributed by atoms with van der Waals surface area (Å²) in [4.78, 5) is 29.1. The Hall–Kier alpha value is -9.24. The molecule has 15 nitrogen and oxygen atoms in total. The van der Waals surface area contributed by atoms with Crippen LogP contribution in [0.3, 0.4) is 0 Å². The number of fused-ring (bicyclic) bond motifs is 9. The maximum Gasteiger partial charge on any atom is 0.131 e. The van der Waals surface area contributed by atoms with Gasteiger partial charge in [-0.2, -0.15) is 0 Å². The maximum atomic E-state index is 5.04. The molecule has 69 heavy (non-hydrogen) atoms. The highest BCUT2D eigenvalue weighted by Crippen LogP contribution is 2.32. The molecule has 9 aromatic heterocycles. The predicted octanol–water partition coefficient (Wildman–Crippen LogP) is 9.82. The quantitative estimate of drug-likeness (QED) is 0.126. The minimum atomic E-state index is 0.472. The molecule has 0 bridgehead atoms. The van der Waals surface area contributed by atoms with E-state index in [9.17, 15) is 0 Å². The van der Waals surface area contributed by atoms with Crippen LogP contribution in [0.4, 0.5) is 0 Å². The molecule has 0 spiro atoms. The van der Waals surface area contributed by atoms with Gasteiger partial charge in [-0.25, -0.2) is 29.0 Å². The van der Waals surface area contributed by atoms with E-state index in [-0.39, 0.29) is 0 Å². The van der Waals surface area contributed by atoms with Crippen molar-refractivity contribution in [1.82, 2.24) is 74.9 Å². The largest absolute Gasteiger partial charge is 0.254 e. The van der Waals surface area contributed by atoms with Gasteiger partial charge in [-0.1, -0.05) is 88.4 Å². The average Bonchev–Trinajstić information content (AvgIpc) is 4.20. The first-order valence-electron chi connectivity index (χ1n) is 22.6. The first kappa shape index (κ1) is 40.1. The molecule has 0 saturated carbocycles. The highest BCUT2D eigenvalue weighted by Gasteiger charge is 2.21. The zero-order valence-corrected chi connectivity index (χ0v) is 37.7. The van der Waals surface area contributed by atoms with E-state index in [2.05, 4.69) is 121 Å². The zero-order chi connectivity index (χ0) is 46.2. The molecule has 0 amide bonds. The SMILES string of the molecule is Cc1c(Cn2cc(-c3ccc4ccc5cccnc5c4n3)nn2)c(C)c(Cn2cc(-c3ccc4ccc5cccnc5c4n3)nn2)c(C)c1Cn1cc(-c2ccc3ccc4cccnc4c3n2)nn1. The van der Waals surface area contributed by atoms with Crippen LogP contribution < -0.4 is 0 Å². The number of nitrogens with zero attached hydrogens (tertiary/aromatic N) is 15. The number of hydrogen-bond donors (Lipinski definition) is 0. The van der Waals surface area contributed by atoms with Crippen LogP contribution in [0.2, 0.25) is 0 Å². The van der Waals surface area contributed by atoms with E-state index in [1.807, 2.05) is 87.2 Å². The lowest BCUT2D eigenvalue weighted by molar-refractivity contribution is 0.618. The minimum Gasteiger partial charge on any atom is -0.254 e. The monoisotopic (exact) mass is 897 g/mol. The van der Waals surface area contributed by atoms with Gasteiger partial charge < -0.3 is 0 Å². The normalized spacial score (nSPS) is 11.9. The van der Waals surface area contributed by atoms with Gasteiger partial charge in [0.15, 0.2) is 0 Å². The van der Waals surface area contributed by atoms with Gasteiger partial charge in [0, 0.05) is 50.9 Å². The van der Waals surface area contributed by atoms with Crippen molar-refractivity contribution in [3.63, 3.8) is 0 Å². The summed E-state index contributed by atoms with van der Waals surface area (Å²) in [5, 5.41) is 34.0. The topological polar surface area (TPSA) is 169 Å². The summed E-state index contributed by atoms with van der Waals surface area (Å²) in [7, 11) is 0. The van der Waals surface area contributed by atoms with Crippen LogP contribution in [0.1, 0.15) is 33.4 Å². The van der Waals surface area contributed by atoms with E-state index in [1.54, 1.807) is 18.6 Å². The van der Waals surface area contributed by atoms with Crippen molar-refractivity contribution in [2.24, 2.45) is 0 Å². The fourth-order valence-corrected chi connectivity index (χ4v) is 9.67. The summed E-state index contributed by atoms with van der Waals surface area (Å²) in [5.41, 5.74) is 16.0. The second kappa shape index (κ2) is 16.0. The fraction of sp³-hybridized carbons (Fsp3) is 0.111. The Morgan fingerprint density at radius 3 is 0.899 bits per heavy atom. The van der Waals surface area contributed by atoms with E-state index in [1.165, 1.54) is 0 Å². The van der Waals surface area contributed by atoms with Crippen LogP contribution in [-0.2, 0) is 19.6 Å². The molecule has 0 aliphatic heterocycles. The Labute approximate surface area is 393 Å². The minimum absolute atomic E-state index is 0.472. The van der Waals surface area contributed by atoms with Gasteiger partial charge in [0.2, 0.25) is 0 Å². The Balaban J connectivity index is 0.866. The van der Waals surface area contributed by atoms with Crippen LogP contribution in [0.15, 0.2) is 146 Å². The lowest BCUT2D eigenvalue weighted by Gasteiger charge is -2.22. The predicted molar refractivity (Wildman–Crippen MR) is 266 cm³/mol. The molecule has 0 N–H and O–H groups in total. The zero-order valence-electron chi connectivity index (χ0n) is 37.7. The maximum absolute atomic E-state index is 5.04. The molecule has 9 heterocycles. The van der Waals surface area contributed by atoms with Crippen molar-refractivity contribution in [1.29, 1.82) is 0 Å². The molecule has 4 aromatic carbocycles. The van der Waals surface area contributed by atoms with Crippen LogP contribution in [0.25, 0.3) is 99.6 Å². The third-order valence-corrected chi connectivity index (χ3v) is 13.4. The Morgan fingerprint density at radius 2 is 0.594 bits per heavy atom. The number of rotatable bonds is 9. The molecule has 13 aromatic rings. The van der Waals surface area contributed by atoms with Crippen molar-refractivity contribution in [2.45, 2.75) is 40.4 Å². The lowest BCUT2D eigenvalue weighted by Crippen LogP contribution is -2.15. The van der Waals surface area contributed by atoms with E-state index in [0.29, 0.717) is 36.7 Å². The fourth-order valence-electron chi connectivity index (χ4n) is 9.67. The lowest BCUT2D eigenvalue weighted by atomic mass is 9.88. The summed E-state index contributed by atoms with van der Waals surface area (Å²) in [6, 6.07) is 36.6. The average molecular weight is 898 g/mol. The molecule has 0 aliphatic rings. The van der Waals surface area contributed by atoms with E-state index in [4.69, 9.17) is 15.0 Å². The van der Waals surface area contributed by atoms with Gasteiger partial charge in [-0.3, -0.25) is 15.0 Å². The summed E-state index contributed by atoms with van der Waals surface area (Å²) >= 11 is 0. The molecule has 0 saturated heterocycles. The molecule has 0 radical (unpaired) electrons. The van der Waals surface area contributed by atoms with Gasteiger partial charge in [-0.05, 0) is 90.6 Å². The first-order valence-corrected chi connectivity index (χ1v) is 22.6. The number of pyridine rings is 6. The number of benzene rings is 4. The van der Waals surface area contributed by atoms with Crippen LogP contribution in [-0.4, -0.2) is 74.9 Å². The van der Waals surface area contributed by atoms with Crippen LogP contribution in [0, 0.1) is 20.8 Å². The Bertz CT molecular complexity index is 3740. The van der Waals surface area contributed by atoms with Crippen molar-refractivity contribution in [2.75, 3.05) is 0 Å². The molecule has 0 aliphatic carbocycles. The molecular weight excluding hydrogens is 859 g/mol. The summed E-state index contributed by atoms with van der Waals surface area (Å²) in [6.45, 7) is 7.94. The van der Waals surface area contributed by atoms with Crippen molar-refractivity contribution >= 4 is 65.4 Å². The highest BCUT2D eigenvalue weighted by atomic mass is 15.4. The van der Waals surface area contributed by atoms with Crippen molar-refractivity contribution in [3.05, 3.63) is 180 Å². The third-order valence-electron chi connectivity index (χ3n) is 13.4. The molecule has 15 heteroatoms. The first-order chi connectivity index (χ1) is 33.9. The third kappa shape index (κ3) is 6.97. The molecule has 0 fully saturated rings. The Kier molecular flexibility index (Phi) is 9.28. The van der Waals surface area contributed by atoms with Gasteiger partial charge >= 0.3 is 0 Å². The Morgan fingerprint density at radius 1 is 0.319 bits per heavy atom. The second-order valence-corrected chi connectivity index (χ2v) is 17.4. The van der Waals surface area contributed by atoms with E-state index >= 15 is 0 Å².